The first-order chi connectivity index (χ1) is 6.17. The molecule has 0 spiro atoms. The summed E-state index contributed by atoms with van der Waals surface area (Å²) in [7, 11) is 1.51. The third kappa shape index (κ3) is 2.54. The molecular weight excluding hydrogens is 192 g/mol. The Bertz CT molecular complexity index is 269. The Labute approximate surface area is 81.5 Å². The molecule has 0 aliphatic carbocycles. The molecule has 1 rings (SSSR count). The average molecular weight is 203 g/mol. The molecule has 0 fully saturated rings. The molecule has 4 nitrogen and oxygen atoms in total. The zero-order valence-corrected chi connectivity index (χ0v) is 8.25. The van der Waals surface area contributed by atoms with Crippen LogP contribution in [0.25, 0.3) is 0 Å². The number of aromatic nitrogens is 2. The Morgan fingerprint density at radius 2 is 2.31 bits per heavy atom. The molecule has 0 aromatic carbocycles. The maximum atomic E-state index is 8.87. The van der Waals surface area contributed by atoms with Crippen LogP contribution in [0.5, 0.6) is 5.88 Å². The quantitative estimate of drug-likeness (QED) is 0.751. The number of hydrogen-bond donors (Lipinski definition) is 1. The van der Waals surface area contributed by atoms with Crippen LogP contribution in [0.2, 0.25) is 0 Å². The number of nitrogens with zero attached hydrogens (tertiary/aromatic N) is 2. The molecule has 5 heteroatoms. The van der Waals surface area contributed by atoms with Crippen molar-refractivity contribution in [2.75, 3.05) is 7.11 Å². The third-order valence-corrected chi connectivity index (χ3v) is 1.70. The van der Waals surface area contributed by atoms with Crippen molar-refractivity contribution in [3.05, 3.63) is 17.6 Å². The second-order valence-corrected chi connectivity index (χ2v) is 3.19. The number of halogens is 1. The lowest BCUT2D eigenvalue weighted by atomic mass is 10.3. The Balaban J connectivity index is 3.07. The summed E-state index contributed by atoms with van der Waals surface area (Å²) in [5, 5.41) is 8.58. The fourth-order valence-corrected chi connectivity index (χ4v) is 0.953. The normalized spacial score (nSPS) is 12.6. The highest BCUT2D eigenvalue weighted by Gasteiger charge is 2.08. The van der Waals surface area contributed by atoms with Gasteiger partial charge in [-0.1, -0.05) is 0 Å². The number of hydrogen-bond acceptors (Lipinski definition) is 4. The third-order valence-electron chi connectivity index (χ3n) is 1.50. The lowest BCUT2D eigenvalue weighted by Crippen LogP contribution is -2.02. The van der Waals surface area contributed by atoms with Gasteiger partial charge in [-0.3, -0.25) is 0 Å². The van der Waals surface area contributed by atoms with Crippen LogP contribution in [0.4, 0.5) is 0 Å². The summed E-state index contributed by atoms with van der Waals surface area (Å²) in [5.41, 5.74) is 0.509. The minimum atomic E-state index is -0.291. The second kappa shape index (κ2) is 4.39. The summed E-state index contributed by atoms with van der Waals surface area (Å²) >= 11 is 5.80. The van der Waals surface area contributed by atoms with E-state index in [9.17, 15) is 0 Å². The molecular formula is C8H11ClN2O2. The molecule has 1 N–H and O–H groups in total. The molecule has 1 atom stereocenters. The summed E-state index contributed by atoms with van der Waals surface area (Å²) in [4.78, 5) is 8.05. The number of alkyl halides is 1. The molecule has 0 amide bonds. The van der Waals surface area contributed by atoms with Gasteiger partial charge in [-0.05, 0) is 6.92 Å². The minimum Gasteiger partial charge on any atom is -0.481 e. The number of aliphatic hydroxyl groups is 1. The molecule has 72 valence electrons. The fourth-order valence-electron chi connectivity index (χ4n) is 0.856. The van der Waals surface area contributed by atoms with Crippen molar-refractivity contribution >= 4 is 11.6 Å². The van der Waals surface area contributed by atoms with Crippen molar-refractivity contribution in [2.24, 2.45) is 0 Å². The summed E-state index contributed by atoms with van der Waals surface area (Å²) in [6.45, 7) is 1.62. The van der Waals surface area contributed by atoms with Crippen LogP contribution >= 0.6 is 11.6 Å². The monoisotopic (exact) mass is 202 g/mol. The summed E-state index contributed by atoms with van der Waals surface area (Å²) in [6, 6.07) is 1.57. The van der Waals surface area contributed by atoms with E-state index in [4.69, 9.17) is 21.4 Å². The van der Waals surface area contributed by atoms with Crippen LogP contribution in [0.3, 0.4) is 0 Å². The van der Waals surface area contributed by atoms with Gasteiger partial charge in [0, 0.05) is 6.07 Å². The zero-order valence-electron chi connectivity index (χ0n) is 7.49. The van der Waals surface area contributed by atoms with E-state index in [2.05, 4.69) is 9.97 Å². The standard InChI is InChI=1S/C8H11ClN2O2/c1-5(9)8-10-6(4-12)3-7(11-8)13-2/h3,5,12H,4H2,1-2H3. The van der Waals surface area contributed by atoms with Crippen LogP contribution in [0.1, 0.15) is 23.8 Å². The van der Waals surface area contributed by atoms with Crippen molar-refractivity contribution in [2.45, 2.75) is 18.9 Å². The van der Waals surface area contributed by atoms with Gasteiger partial charge >= 0.3 is 0 Å². The highest BCUT2D eigenvalue weighted by atomic mass is 35.5. The van der Waals surface area contributed by atoms with Crippen LogP contribution in [-0.4, -0.2) is 22.2 Å². The van der Waals surface area contributed by atoms with Gasteiger partial charge in [-0.2, -0.15) is 4.98 Å². The van der Waals surface area contributed by atoms with Gasteiger partial charge in [-0.25, -0.2) is 4.98 Å². The predicted molar refractivity (Wildman–Crippen MR) is 48.8 cm³/mol. The summed E-state index contributed by atoms with van der Waals surface area (Å²) in [6.07, 6.45) is 0. The van der Waals surface area contributed by atoms with Gasteiger partial charge in [-0.15, -0.1) is 11.6 Å². The van der Waals surface area contributed by atoms with Crippen LogP contribution in [0, 0.1) is 0 Å². The molecule has 13 heavy (non-hydrogen) atoms. The summed E-state index contributed by atoms with van der Waals surface area (Å²) in [5.74, 6) is 0.881. The Morgan fingerprint density at radius 1 is 1.62 bits per heavy atom. The topological polar surface area (TPSA) is 55.2 Å². The van der Waals surface area contributed by atoms with E-state index in [-0.39, 0.29) is 12.0 Å². The largest absolute Gasteiger partial charge is 0.481 e. The number of rotatable bonds is 3. The van der Waals surface area contributed by atoms with Crippen molar-refractivity contribution in [1.29, 1.82) is 0 Å². The van der Waals surface area contributed by atoms with E-state index in [1.165, 1.54) is 7.11 Å². The second-order valence-electron chi connectivity index (χ2n) is 2.53. The van der Waals surface area contributed by atoms with E-state index >= 15 is 0 Å². The van der Waals surface area contributed by atoms with Crippen molar-refractivity contribution in [1.82, 2.24) is 9.97 Å². The van der Waals surface area contributed by atoms with Crippen molar-refractivity contribution in [3.8, 4) is 5.88 Å². The lowest BCUT2D eigenvalue weighted by molar-refractivity contribution is 0.274. The van der Waals surface area contributed by atoms with E-state index in [0.717, 1.165) is 0 Å². The van der Waals surface area contributed by atoms with Crippen LogP contribution in [-0.2, 0) is 6.61 Å². The van der Waals surface area contributed by atoms with E-state index in [1.807, 2.05) is 0 Å². The highest BCUT2D eigenvalue weighted by Crippen LogP contribution is 2.18. The molecule has 0 saturated heterocycles. The maximum Gasteiger partial charge on any atom is 0.216 e. The van der Waals surface area contributed by atoms with E-state index < -0.39 is 0 Å². The molecule has 1 aromatic rings. The molecule has 0 saturated carbocycles. The van der Waals surface area contributed by atoms with Gasteiger partial charge in [0.2, 0.25) is 5.88 Å². The SMILES string of the molecule is COc1cc(CO)nc(C(C)Cl)n1. The Hall–Kier alpha value is -0.870. The number of aliphatic hydroxyl groups excluding tert-OH is 1. The molecule has 1 aromatic heterocycles. The van der Waals surface area contributed by atoms with Gasteiger partial charge in [0.1, 0.15) is 5.82 Å². The molecule has 0 aliphatic heterocycles. The van der Waals surface area contributed by atoms with Gasteiger partial charge in [0.15, 0.2) is 0 Å². The Morgan fingerprint density at radius 3 is 2.77 bits per heavy atom. The van der Waals surface area contributed by atoms with Gasteiger partial charge in [0.25, 0.3) is 0 Å². The maximum absolute atomic E-state index is 8.87. The highest BCUT2D eigenvalue weighted by molar-refractivity contribution is 6.20. The molecule has 0 aliphatic rings. The van der Waals surface area contributed by atoms with E-state index in [1.54, 1.807) is 13.0 Å². The smallest absolute Gasteiger partial charge is 0.216 e. The lowest BCUT2D eigenvalue weighted by Gasteiger charge is -2.06. The first kappa shape index (κ1) is 10.2. The van der Waals surface area contributed by atoms with Gasteiger partial charge in [0.05, 0.1) is 24.8 Å². The zero-order chi connectivity index (χ0) is 9.84. The Kier molecular flexibility index (Phi) is 3.45. The van der Waals surface area contributed by atoms with Crippen LogP contribution < -0.4 is 4.74 Å². The fraction of sp³-hybridized carbons (Fsp3) is 0.500. The average Bonchev–Trinajstić information content (AvgIpc) is 2.16. The van der Waals surface area contributed by atoms with Crippen molar-refractivity contribution < 1.29 is 9.84 Å². The first-order valence-electron chi connectivity index (χ1n) is 3.84. The van der Waals surface area contributed by atoms with E-state index in [0.29, 0.717) is 17.4 Å². The minimum absolute atomic E-state index is 0.143. The van der Waals surface area contributed by atoms with Gasteiger partial charge < -0.3 is 9.84 Å². The summed E-state index contributed by atoms with van der Waals surface area (Å²) < 4.78 is 4.93. The van der Waals surface area contributed by atoms with Crippen LogP contribution in [0.15, 0.2) is 6.07 Å². The molecule has 1 heterocycles. The number of ether oxygens (including phenoxy) is 1. The molecule has 0 radical (unpaired) electrons. The predicted octanol–water partition coefficient (Wildman–Crippen LogP) is 1.28. The first-order valence-corrected chi connectivity index (χ1v) is 4.27. The molecule has 0 bridgehead atoms. The number of methoxy groups -OCH3 is 1. The molecule has 1 unspecified atom stereocenters. The van der Waals surface area contributed by atoms with Crippen molar-refractivity contribution in [3.63, 3.8) is 0 Å².